The quantitative estimate of drug-likeness (QED) is 0.801. The molecule has 0 saturated carbocycles. The molecule has 0 radical (unpaired) electrons. The van der Waals surface area contributed by atoms with Crippen molar-refractivity contribution in [3.63, 3.8) is 0 Å². The van der Waals surface area contributed by atoms with Crippen molar-refractivity contribution in [3.05, 3.63) is 84.1 Å². The summed E-state index contributed by atoms with van der Waals surface area (Å²) in [6, 6.07) is 19.7. The molecule has 2 atom stereocenters. The van der Waals surface area contributed by atoms with Gasteiger partial charge in [-0.05, 0) is 24.1 Å². The molecule has 0 aromatic heterocycles. The van der Waals surface area contributed by atoms with Crippen LogP contribution in [-0.2, 0) is 4.74 Å². The van der Waals surface area contributed by atoms with Crippen LogP contribution in [0.15, 0.2) is 73.0 Å². The lowest BCUT2D eigenvalue weighted by Gasteiger charge is -2.20. The van der Waals surface area contributed by atoms with E-state index in [0.29, 0.717) is 6.61 Å². The van der Waals surface area contributed by atoms with Gasteiger partial charge >= 0.3 is 0 Å². The Bertz CT molecular complexity index is 520. The SMILES string of the molecule is CCOC=CC(c1ccccc1)C(O)c1ccccc1. The summed E-state index contributed by atoms with van der Waals surface area (Å²) in [7, 11) is 0. The Morgan fingerprint density at radius 3 is 2.05 bits per heavy atom. The molecule has 0 bridgehead atoms. The molecule has 2 nitrogen and oxygen atoms in total. The fourth-order valence-corrected chi connectivity index (χ4v) is 2.17. The van der Waals surface area contributed by atoms with E-state index >= 15 is 0 Å². The van der Waals surface area contributed by atoms with E-state index in [1.54, 1.807) is 6.26 Å². The summed E-state index contributed by atoms with van der Waals surface area (Å²) in [5.41, 5.74) is 1.97. The van der Waals surface area contributed by atoms with E-state index in [0.717, 1.165) is 11.1 Å². The highest BCUT2D eigenvalue weighted by Crippen LogP contribution is 2.31. The number of hydrogen-bond donors (Lipinski definition) is 1. The van der Waals surface area contributed by atoms with Gasteiger partial charge < -0.3 is 9.84 Å². The van der Waals surface area contributed by atoms with Gasteiger partial charge in [0, 0.05) is 5.92 Å². The molecule has 0 heterocycles. The monoisotopic (exact) mass is 268 g/mol. The minimum absolute atomic E-state index is 0.120. The summed E-state index contributed by atoms with van der Waals surface area (Å²) in [6.45, 7) is 2.56. The maximum atomic E-state index is 10.6. The Morgan fingerprint density at radius 1 is 0.950 bits per heavy atom. The van der Waals surface area contributed by atoms with Crippen LogP contribution in [-0.4, -0.2) is 11.7 Å². The number of rotatable bonds is 6. The second kappa shape index (κ2) is 7.51. The molecular formula is C18H20O2. The van der Waals surface area contributed by atoms with Crippen molar-refractivity contribution in [2.45, 2.75) is 18.9 Å². The Labute approximate surface area is 120 Å². The first-order valence-electron chi connectivity index (χ1n) is 6.89. The van der Waals surface area contributed by atoms with Crippen molar-refractivity contribution >= 4 is 0 Å². The summed E-state index contributed by atoms with van der Waals surface area (Å²) in [6.07, 6.45) is 3.00. The van der Waals surface area contributed by atoms with Crippen LogP contribution in [0.3, 0.4) is 0 Å². The predicted molar refractivity (Wildman–Crippen MR) is 81.4 cm³/mol. The van der Waals surface area contributed by atoms with Crippen LogP contribution in [0.4, 0.5) is 0 Å². The molecule has 2 unspecified atom stereocenters. The molecule has 2 heteroatoms. The van der Waals surface area contributed by atoms with Crippen LogP contribution < -0.4 is 0 Å². The highest BCUT2D eigenvalue weighted by molar-refractivity contribution is 5.30. The van der Waals surface area contributed by atoms with Gasteiger partial charge in [0.1, 0.15) is 0 Å². The molecule has 20 heavy (non-hydrogen) atoms. The topological polar surface area (TPSA) is 29.5 Å². The zero-order valence-corrected chi connectivity index (χ0v) is 11.6. The van der Waals surface area contributed by atoms with E-state index in [1.807, 2.05) is 73.7 Å². The molecule has 0 aliphatic carbocycles. The summed E-state index contributed by atoms with van der Waals surface area (Å²) >= 11 is 0. The molecule has 2 aromatic rings. The molecule has 0 aliphatic heterocycles. The standard InChI is InChI=1S/C18H20O2/c1-2-20-14-13-17(15-9-5-3-6-10-15)18(19)16-11-7-4-8-12-16/h3-14,17-19H,2H2,1H3. The van der Waals surface area contributed by atoms with Gasteiger partial charge in [0.05, 0.1) is 19.0 Å². The zero-order chi connectivity index (χ0) is 14.2. The fraction of sp³-hybridized carbons (Fsp3) is 0.222. The fourth-order valence-electron chi connectivity index (χ4n) is 2.17. The number of aliphatic hydroxyl groups is 1. The number of hydrogen-bond acceptors (Lipinski definition) is 2. The van der Waals surface area contributed by atoms with Crippen molar-refractivity contribution < 1.29 is 9.84 Å². The van der Waals surface area contributed by atoms with Crippen LogP contribution in [0.1, 0.15) is 30.1 Å². The van der Waals surface area contributed by atoms with Crippen molar-refractivity contribution in [1.29, 1.82) is 0 Å². The molecule has 0 fully saturated rings. The third-order valence-electron chi connectivity index (χ3n) is 3.21. The van der Waals surface area contributed by atoms with Crippen LogP contribution >= 0.6 is 0 Å². The Hall–Kier alpha value is -2.06. The normalized spacial score (nSPS) is 14.1. The lowest BCUT2D eigenvalue weighted by atomic mass is 9.89. The van der Waals surface area contributed by atoms with Crippen LogP contribution in [0.25, 0.3) is 0 Å². The van der Waals surface area contributed by atoms with Gasteiger partial charge in [-0.1, -0.05) is 60.7 Å². The molecule has 104 valence electrons. The first-order valence-corrected chi connectivity index (χ1v) is 6.89. The summed E-state index contributed by atoms with van der Waals surface area (Å²) in [5.74, 6) is -0.120. The number of ether oxygens (including phenoxy) is 1. The minimum Gasteiger partial charge on any atom is -0.502 e. The second-order valence-corrected chi connectivity index (χ2v) is 4.58. The Balaban J connectivity index is 2.27. The molecule has 2 aromatic carbocycles. The highest BCUT2D eigenvalue weighted by atomic mass is 16.5. The lowest BCUT2D eigenvalue weighted by molar-refractivity contribution is 0.159. The third-order valence-corrected chi connectivity index (χ3v) is 3.21. The molecule has 0 aliphatic rings. The van der Waals surface area contributed by atoms with E-state index in [2.05, 4.69) is 0 Å². The highest BCUT2D eigenvalue weighted by Gasteiger charge is 2.20. The number of aliphatic hydroxyl groups excluding tert-OH is 1. The zero-order valence-electron chi connectivity index (χ0n) is 11.6. The van der Waals surface area contributed by atoms with Crippen molar-refractivity contribution in [2.75, 3.05) is 6.61 Å². The van der Waals surface area contributed by atoms with Crippen LogP contribution in [0, 0.1) is 0 Å². The molecule has 0 amide bonds. The van der Waals surface area contributed by atoms with Gasteiger partial charge in [-0.15, -0.1) is 0 Å². The van der Waals surface area contributed by atoms with Crippen molar-refractivity contribution in [3.8, 4) is 0 Å². The molecular weight excluding hydrogens is 248 g/mol. The maximum absolute atomic E-state index is 10.6. The maximum Gasteiger partial charge on any atom is 0.0894 e. The van der Waals surface area contributed by atoms with E-state index in [4.69, 9.17) is 4.74 Å². The van der Waals surface area contributed by atoms with Crippen molar-refractivity contribution in [1.82, 2.24) is 0 Å². The number of benzene rings is 2. The average molecular weight is 268 g/mol. The van der Waals surface area contributed by atoms with Crippen LogP contribution in [0.5, 0.6) is 0 Å². The predicted octanol–water partition coefficient (Wildman–Crippen LogP) is 4.05. The van der Waals surface area contributed by atoms with Gasteiger partial charge in [0.25, 0.3) is 0 Å². The van der Waals surface area contributed by atoms with Gasteiger partial charge in [-0.3, -0.25) is 0 Å². The van der Waals surface area contributed by atoms with Gasteiger partial charge in [-0.2, -0.15) is 0 Å². The van der Waals surface area contributed by atoms with E-state index < -0.39 is 6.10 Å². The first kappa shape index (κ1) is 14.4. The van der Waals surface area contributed by atoms with Gasteiger partial charge in [0.15, 0.2) is 0 Å². The smallest absolute Gasteiger partial charge is 0.0894 e. The van der Waals surface area contributed by atoms with E-state index in [-0.39, 0.29) is 5.92 Å². The second-order valence-electron chi connectivity index (χ2n) is 4.58. The first-order chi connectivity index (χ1) is 9.83. The molecule has 0 saturated heterocycles. The van der Waals surface area contributed by atoms with Crippen molar-refractivity contribution in [2.24, 2.45) is 0 Å². The third kappa shape index (κ3) is 3.72. The largest absolute Gasteiger partial charge is 0.502 e. The van der Waals surface area contributed by atoms with Gasteiger partial charge in [0.2, 0.25) is 0 Å². The molecule has 1 N–H and O–H groups in total. The summed E-state index contributed by atoms with van der Waals surface area (Å²) in [5, 5.41) is 10.6. The Morgan fingerprint density at radius 2 is 1.50 bits per heavy atom. The van der Waals surface area contributed by atoms with Crippen LogP contribution in [0.2, 0.25) is 0 Å². The Kier molecular flexibility index (Phi) is 5.39. The van der Waals surface area contributed by atoms with Gasteiger partial charge in [-0.25, -0.2) is 0 Å². The average Bonchev–Trinajstić information content (AvgIpc) is 2.53. The molecule has 0 spiro atoms. The molecule has 2 rings (SSSR count). The minimum atomic E-state index is -0.588. The summed E-state index contributed by atoms with van der Waals surface area (Å²) < 4.78 is 5.28. The van der Waals surface area contributed by atoms with E-state index in [1.165, 1.54) is 0 Å². The lowest BCUT2D eigenvalue weighted by Crippen LogP contribution is -2.09. The van der Waals surface area contributed by atoms with E-state index in [9.17, 15) is 5.11 Å². The summed E-state index contributed by atoms with van der Waals surface area (Å²) in [4.78, 5) is 0.